The molecule has 2 aromatic rings. The van der Waals surface area contributed by atoms with Gasteiger partial charge in [0.05, 0.1) is 0 Å². The van der Waals surface area contributed by atoms with Gasteiger partial charge >= 0.3 is 0 Å². The van der Waals surface area contributed by atoms with Gasteiger partial charge in [-0.05, 0) is 25.0 Å². The first kappa shape index (κ1) is 11.6. The van der Waals surface area contributed by atoms with Crippen molar-refractivity contribution in [2.24, 2.45) is 0 Å². The lowest BCUT2D eigenvalue weighted by Crippen LogP contribution is -2.08. The first-order valence-corrected chi connectivity index (χ1v) is 5.86. The van der Waals surface area contributed by atoms with Crippen LogP contribution in [0.1, 0.15) is 24.7 Å². The fourth-order valence-corrected chi connectivity index (χ4v) is 1.66. The standard InChI is InChI=1S/C13H17N3O/c1-3-8-16-13(14-10-15-16)9-17-12-7-5-4-6-11(12)2/h4-7,10H,3,8-9H2,1-2H3. The molecule has 2 rings (SSSR count). The zero-order chi connectivity index (χ0) is 12.1. The Morgan fingerprint density at radius 3 is 2.88 bits per heavy atom. The third kappa shape index (κ3) is 2.84. The molecule has 0 radical (unpaired) electrons. The van der Waals surface area contributed by atoms with Gasteiger partial charge in [0.25, 0.3) is 0 Å². The second-order valence-corrected chi connectivity index (χ2v) is 3.95. The molecule has 0 saturated heterocycles. The fourth-order valence-electron chi connectivity index (χ4n) is 1.66. The first-order valence-electron chi connectivity index (χ1n) is 5.86. The predicted molar refractivity (Wildman–Crippen MR) is 65.8 cm³/mol. The molecule has 0 saturated carbocycles. The van der Waals surface area contributed by atoms with Gasteiger partial charge in [0, 0.05) is 6.54 Å². The smallest absolute Gasteiger partial charge is 0.164 e. The maximum Gasteiger partial charge on any atom is 0.164 e. The Labute approximate surface area is 101 Å². The van der Waals surface area contributed by atoms with Gasteiger partial charge < -0.3 is 4.74 Å². The summed E-state index contributed by atoms with van der Waals surface area (Å²) in [7, 11) is 0. The molecule has 0 atom stereocenters. The average Bonchev–Trinajstić information content (AvgIpc) is 2.76. The van der Waals surface area contributed by atoms with Crippen molar-refractivity contribution in [3.05, 3.63) is 42.0 Å². The van der Waals surface area contributed by atoms with Gasteiger partial charge in [0.15, 0.2) is 5.82 Å². The molecular weight excluding hydrogens is 214 g/mol. The van der Waals surface area contributed by atoms with Crippen molar-refractivity contribution in [2.75, 3.05) is 0 Å². The van der Waals surface area contributed by atoms with Crippen LogP contribution in [0.3, 0.4) is 0 Å². The molecule has 0 spiro atoms. The average molecular weight is 231 g/mol. The predicted octanol–water partition coefficient (Wildman–Crippen LogP) is 2.58. The quantitative estimate of drug-likeness (QED) is 0.794. The lowest BCUT2D eigenvalue weighted by molar-refractivity contribution is 0.284. The third-order valence-electron chi connectivity index (χ3n) is 2.58. The molecule has 0 aliphatic rings. The zero-order valence-electron chi connectivity index (χ0n) is 10.3. The van der Waals surface area contributed by atoms with E-state index >= 15 is 0 Å². The highest BCUT2D eigenvalue weighted by molar-refractivity contribution is 5.31. The van der Waals surface area contributed by atoms with Crippen molar-refractivity contribution >= 4 is 0 Å². The number of hydrogen-bond donors (Lipinski definition) is 0. The van der Waals surface area contributed by atoms with Crippen LogP contribution in [-0.4, -0.2) is 14.8 Å². The van der Waals surface area contributed by atoms with E-state index in [0.29, 0.717) is 6.61 Å². The first-order chi connectivity index (χ1) is 8.31. The summed E-state index contributed by atoms with van der Waals surface area (Å²) in [4.78, 5) is 4.21. The Morgan fingerprint density at radius 2 is 2.12 bits per heavy atom. The highest BCUT2D eigenvalue weighted by Gasteiger charge is 2.05. The molecule has 4 heteroatoms. The normalized spacial score (nSPS) is 10.5. The minimum absolute atomic E-state index is 0.463. The van der Waals surface area contributed by atoms with E-state index in [1.54, 1.807) is 6.33 Å². The van der Waals surface area contributed by atoms with Gasteiger partial charge in [-0.2, -0.15) is 5.10 Å². The van der Waals surface area contributed by atoms with Gasteiger partial charge in [-0.25, -0.2) is 9.67 Å². The Morgan fingerprint density at radius 1 is 1.29 bits per heavy atom. The monoisotopic (exact) mass is 231 g/mol. The Hall–Kier alpha value is -1.84. The van der Waals surface area contributed by atoms with Crippen molar-refractivity contribution < 1.29 is 4.74 Å². The van der Waals surface area contributed by atoms with Crippen molar-refractivity contribution in [1.82, 2.24) is 14.8 Å². The number of aryl methyl sites for hydroxylation is 2. The van der Waals surface area contributed by atoms with E-state index in [0.717, 1.165) is 30.1 Å². The van der Waals surface area contributed by atoms with Crippen molar-refractivity contribution in [1.29, 1.82) is 0 Å². The fraction of sp³-hybridized carbons (Fsp3) is 0.385. The maximum absolute atomic E-state index is 5.74. The maximum atomic E-state index is 5.74. The van der Waals surface area contributed by atoms with Crippen LogP contribution < -0.4 is 4.74 Å². The third-order valence-corrected chi connectivity index (χ3v) is 2.58. The summed E-state index contributed by atoms with van der Waals surface area (Å²) in [5.41, 5.74) is 1.13. The molecule has 1 aromatic carbocycles. The molecule has 0 N–H and O–H groups in total. The van der Waals surface area contributed by atoms with Crippen LogP contribution in [0.25, 0.3) is 0 Å². The Kier molecular flexibility index (Phi) is 3.75. The highest BCUT2D eigenvalue weighted by atomic mass is 16.5. The number of nitrogens with zero attached hydrogens (tertiary/aromatic N) is 3. The van der Waals surface area contributed by atoms with Gasteiger partial charge in [-0.3, -0.25) is 0 Å². The van der Waals surface area contributed by atoms with E-state index in [1.807, 2.05) is 35.9 Å². The molecule has 1 heterocycles. The minimum Gasteiger partial charge on any atom is -0.485 e. The highest BCUT2D eigenvalue weighted by Crippen LogP contribution is 2.17. The molecule has 1 aromatic heterocycles. The van der Waals surface area contributed by atoms with Crippen LogP contribution in [0.2, 0.25) is 0 Å². The molecular formula is C13H17N3O. The SMILES string of the molecule is CCCn1ncnc1COc1ccccc1C. The topological polar surface area (TPSA) is 39.9 Å². The second kappa shape index (κ2) is 5.48. The van der Waals surface area contributed by atoms with Crippen LogP contribution >= 0.6 is 0 Å². The van der Waals surface area contributed by atoms with Crippen LogP contribution in [-0.2, 0) is 13.2 Å². The van der Waals surface area contributed by atoms with E-state index < -0.39 is 0 Å². The molecule has 0 aliphatic carbocycles. The molecule has 0 aliphatic heterocycles. The van der Waals surface area contributed by atoms with E-state index in [2.05, 4.69) is 17.0 Å². The summed E-state index contributed by atoms with van der Waals surface area (Å²) >= 11 is 0. The number of benzene rings is 1. The number of rotatable bonds is 5. The molecule has 0 bridgehead atoms. The van der Waals surface area contributed by atoms with Gasteiger partial charge in [-0.1, -0.05) is 25.1 Å². The summed E-state index contributed by atoms with van der Waals surface area (Å²) in [5, 5.41) is 4.17. The number of ether oxygens (including phenoxy) is 1. The van der Waals surface area contributed by atoms with E-state index in [1.165, 1.54) is 0 Å². The summed E-state index contributed by atoms with van der Waals surface area (Å²) in [6.45, 7) is 5.50. The summed E-state index contributed by atoms with van der Waals surface area (Å²) in [6, 6.07) is 7.98. The number of hydrogen-bond acceptors (Lipinski definition) is 3. The number of aromatic nitrogens is 3. The van der Waals surface area contributed by atoms with Crippen LogP contribution in [0.15, 0.2) is 30.6 Å². The van der Waals surface area contributed by atoms with Crippen molar-refractivity contribution in [3.63, 3.8) is 0 Å². The van der Waals surface area contributed by atoms with Gasteiger partial charge in [0.2, 0.25) is 0 Å². The van der Waals surface area contributed by atoms with E-state index in [9.17, 15) is 0 Å². The molecule has 0 amide bonds. The van der Waals surface area contributed by atoms with Crippen LogP contribution in [0, 0.1) is 6.92 Å². The Bertz CT molecular complexity index is 479. The number of para-hydroxylation sites is 1. The zero-order valence-corrected chi connectivity index (χ0v) is 10.3. The molecule has 4 nitrogen and oxygen atoms in total. The molecule has 17 heavy (non-hydrogen) atoms. The van der Waals surface area contributed by atoms with Gasteiger partial charge in [0.1, 0.15) is 18.7 Å². The largest absolute Gasteiger partial charge is 0.485 e. The summed E-state index contributed by atoms with van der Waals surface area (Å²) in [6.07, 6.45) is 2.62. The summed E-state index contributed by atoms with van der Waals surface area (Å²) < 4.78 is 7.63. The van der Waals surface area contributed by atoms with Gasteiger partial charge in [-0.15, -0.1) is 0 Å². The van der Waals surface area contributed by atoms with Crippen molar-refractivity contribution in [3.8, 4) is 5.75 Å². The second-order valence-electron chi connectivity index (χ2n) is 3.95. The molecule has 0 unspecified atom stereocenters. The Balaban J connectivity index is 2.02. The molecule has 90 valence electrons. The van der Waals surface area contributed by atoms with Crippen LogP contribution in [0.5, 0.6) is 5.75 Å². The van der Waals surface area contributed by atoms with E-state index in [4.69, 9.17) is 4.74 Å². The lowest BCUT2D eigenvalue weighted by atomic mass is 10.2. The van der Waals surface area contributed by atoms with Crippen molar-refractivity contribution in [2.45, 2.75) is 33.4 Å². The van der Waals surface area contributed by atoms with E-state index in [-0.39, 0.29) is 0 Å². The minimum atomic E-state index is 0.463. The van der Waals surface area contributed by atoms with Crippen LogP contribution in [0.4, 0.5) is 0 Å². The summed E-state index contributed by atoms with van der Waals surface area (Å²) in [5.74, 6) is 1.77. The lowest BCUT2D eigenvalue weighted by Gasteiger charge is -2.09. The molecule has 0 fully saturated rings.